The van der Waals surface area contributed by atoms with E-state index in [0.29, 0.717) is 5.69 Å². The number of carbonyl (C=O) groups is 2. The van der Waals surface area contributed by atoms with Gasteiger partial charge in [-0.1, -0.05) is 22.0 Å². The Morgan fingerprint density at radius 1 is 1.15 bits per heavy atom. The van der Waals surface area contributed by atoms with Crippen molar-refractivity contribution < 1.29 is 22.8 Å². The summed E-state index contributed by atoms with van der Waals surface area (Å²) in [5.41, 5.74) is 0.388. The molecule has 0 atom stereocenters. The van der Waals surface area contributed by atoms with Crippen LogP contribution in [0.1, 0.15) is 21.5 Å². The van der Waals surface area contributed by atoms with E-state index in [1.54, 1.807) is 12.1 Å². The van der Waals surface area contributed by atoms with E-state index < -0.39 is 23.6 Å². The van der Waals surface area contributed by atoms with E-state index in [4.69, 9.17) is 0 Å². The number of hydrogen-bond acceptors (Lipinski definition) is 2. The molecule has 0 saturated heterocycles. The third-order valence-corrected chi connectivity index (χ3v) is 4.12. The van der Waals surface area contributed by atoms with Crippen molar-refractivity contribution in [2.75, 3.05) is 18.9 Å². The van der Waals surface area contributed by atoms with Crippen LogP contribution in [0, 0.1) is 6.92 Å². The Labute approximate surface area is 157 Å². The lowest BCUT2D eigenvalue weighted by atomic mass is 10.1. The van der Waals surface area contributed by atoms with Crippen molar-refractivity contribution in [1.82, 2.24) is 4.90 Å². The molecule has 0 fully saturated rings. The molecule has 0 saturated carbocycles. The van der Waals surface area contributed by atoms with Gasteiger partial charge in [0.2, 0.25) is 5.91 Å². The lowest BCUT2D eigenvalue weighted by Gasteiger charge is -2.18. The first-order valence-corrected chi connectivity index (χ1v) is 8.36. The van der Waals surface area contributed by atoms with Gasteiger partial charge in [-0.2, -0.15) is 13.2 Å². The highest BCUT2D eigenvalue weighted by Gasteiger charge is 2.31. The standard InChI is InChI=1S/C18H16BrF3N2O2/c1-11-8-14(19)6-7-15(11)23-16(25)10-24(2)17(26)12-4-3-5-13(9-12)18(20,21)22/h3-9H,10H2,1-2H3,(H,23,25). The van der Waals surface area contributed by atoms with Gasteiger partial charge in [0.1, 0.15) is 0 Å². The monoisotopic (exact) mass is 428 g/mol. The maximum absolute atomic E-state index is 12.8. The van der Waals surface area contributed by atoms with Crippen LogP contribution in [0.25, 0.3) is 0 Å². The van der Waals surface area contributed by atoms with Crippen molar-refractivity contribution >= 4 is 33.4 Å². The van der Waals surface area contributed by atoms with Crippen molar-refractivity contribution in [3.05, 3.63) is 63.6 Å². The lowest BCUT2D eigenvalue weighted by molar-refractivity contribution is -0.137. The second-order valence-corrected chi connectivity index (χ2v) is 6.66. The Kier molecular flexibility index (Phi) is 6.07. The fourth-order valence-corrected chi connectivity index (χ4v) is 2.77. The maximum atomic E-state index is 12.8. The molecular weight excluding hydrogens is 413 g/mol. The predicted molar refractivity (Wildman–Crippen MR) is 95.9 cm³/mol. The highest BCUT2D eigenvalue weighted by atomic mass is 79.9. The number of aryl methyl sites for hydroxylation is 1. The molecule has 2 rings (SSSR count). The minimum absolute atomic E-state index is 0.130. The number of halogens is 4. The molecule has 0 aromatic heterocycles. The molecule has 0 aliphatic rings. The Balaban J connectivity index is 2.06. The summed E-state index contributed by atoms with van der Waals surface area (Å²) in [5.74, 6) is -1.11. The highest BCUT2D eigenvalue weighted by molar-refractivity contribution is 9.10. The molecule has 0 bridgehead atoms. The smallest absolute Gasteiger partial charge is 0.332 e. The van der Waals surface area contributed by atoms with Crippen LogP contribution in [0.5, 0.6) is 0 Å². The van der Waals surface area contributed by atoms with Gasteiger partial charge in [-0.25, -0.2) is 0 Å². The summed E-state index contributed by atoms with van der Waals surface area (Å²) in [7, 11) is 1.36. The Morgan fingerprint density at radius 2 is 1.85 bits per heavy atom. The van der Waals surface area contributed by atoms with Crippen LogP contribution in [0.2, 0.25) is 0 Å². The number of alkyl halides is 3. The Hall–Kier alpha value is -2.35. The molecule has 0 aliphatic heterocycles. The molecule has 4 nitrogen and oxygen atoms in total. The summed E-state index contributed by atoms with van der Waals surface area (Å²) in [5, 5.41) is 2.68. The minimum atomic E-state index is -4.54. The number of nitrogens with one attached hydrogen (secondary N) is 1. The van der Waals surface area contributed by atoms with Gasteiger partial charge in [0, 0.05) is 22.8 Å². The van der Waals surface area contributed by atoms with Gasteiger partial charge in [0.05, 0.1) is 12.1 Å². The summed E-state index contributed by atoms with van der Waals surface area (Å²) in [6.07, 6.45) is -4.54. The quantitative estimate of drug-likeness (QED) is 0.779. The fraction of sp³-hybridized carbons (Fsp3) is 0.222. The lowest BCUT2D eigenvalue weighted by Crippen LogP contribution is -2.35. The van der Waals surface area contributed by atoms with Crippen molar-refractivity contribution in [3.8, 4) is 0 Å². The first-order valence-electron chi connectivity index (χ1n) is 7.56. The first kappa shape index (κ1) is 20.0. The third kappa shape index (κ3) is 5.08. The van der Waals surface area contributed by atoms with E-state index in [2.05, 4.69) is 21.2 Å². The third-order valence-electron chi connectivity index (χ3n) is 3.63. The van der Waals surface area contributed by atoms with Crippen molar-refractivity contribution in [2.45, 2.75) is 13.1 Å². The first-order chi connectivity index (χ1) is 12.1. The number of benzene rings is 2. The zero-order chi connectivity index (χ0) is 19.5. The summed E-state index contributed by atoms with van der Waals surface area (Å²) in [6, 6.07) is 9.41. The van der Waals surface area contributed by atoms with E-state index >= 15 is 0 Å². The van der Waals surface area contributed by atoms with E-state index in [1.165, 1.54) is 13.1 Å². The van der Waals surface area contributed by atoms with Gasteiger partial charge in [0.25, 0.3) is 5.91 Å². The molecule has 138 valence electrons. The van der Waals surface area contributed by atoms with Crippen molar-refractivity contribution in [1.29, 1.82) is 0 Å². The fourth-order valence-electron chi connectivity index (χ4n) is 2.29. The van der Waals surface area contributed by atoms with E-state index in [-0.39, 0.29) is 12.1 Å². The van der Waals surface area contributed by atoms with Crippen LogP contribution < -0.4 is 5.32 Å². The second kappa shape index (κ2) is 7.90. The number of nitrogens with zero attached hydrogens (tertiary/aromatic N) is 1. The summed E-state index contributed by atoms with van der Waals surface area (Å²) in [6.45, 7) is 1.53. The molecule has 2 aromatic carbocycles. The van der Waals surface area contributed by atoms with E-state index in [9.17, 15) is 22.8 Å². The van der Waals surface area contributed by atoms with E-state index in [0.717, 1.165) is 33.1 Å². The number of amides is 2. The van der Waals surface area contributed by atoms with Gasteiger partial charge in [-0.3, -0.25) is 9.59 Å². The molecule has 2 aromatic rings. The maximum Gasteiger partial charge on any atom is 0.416 e. The Morgan fingerprint density at radius 3 is 2.46 bits per heavy atom. The molecule has 1 N–H and O–H groups in total. The van der Waals surface area contributed by atoms with Crippen molar-refractivity contribution in [2.24, 2.45) is 0 Å². The molecule has 0 spiro atoms. The molecular formula is C18H16BrF3N2O2. The van der Waals surface area contributed by atoms with Gasteiger partial charge >= 0.3 is 6.18 Å². The molecule has 0 aliphatic carbocycles. The number of hydrogen-bond donors (Lipinski definition) is 1. The molecule has 26 heavy (non-hydrogen) atoms. The molecule has 0 unspecified atom stereocenters. The van der Waals surface area contributed by atoms with Gasteiger partial charge in [-0.15, -0.1) is 0 Å². The number of anilines is 1. The van der Waals surface area contributed by atoms with E-state index in [1.807, 2.05) is 13.0 Å². The summed E-state index contributed by atoms with van der Waals surface area (Å²) >= 11 is 3.32. The van der Waals surface area contributed by atoms with Crippen LogP contribution in [0.15, 0.2) is 46.9 Å². The SMILES string of the molecule is Cc1cc(Br)ccc1NC(=O)CN(C)C(=O)c1cccc(C(F)(F)F)c1. The second-order valence-electron chi connectivity index (χ2n) is 5.75. The number of carbonyl (C=O) groups excluding carboxylic acids is 2. The van der Waals surface area contributed by atoms with Gasteiger partial charge < -0.3 is 10.2 Å². The average molecular weight is 429 g/mol. The van der Waals surface area contributed by atoms with Crippen LogP contribution in [0.4, 0.5) is 18.9 Å². The van der Waals surface area contributed by atoms with Crippen LogP contribution in [0.3, 0.4) is 0 Å². The molecule has 0 heterocycles. The normalized spacial score (nSPS) is 11.2. The van der Waals surface area contributed by atoms with Gasteiger partial charge in [-0.05, 0) is 48.9 Å². The predicted octanol–water partition coefficient (Wildman–Crippen LogP) is 4.49. The van der Waals surface area contributed by atoms with Crippen LogP contribution in [-0.2, 0) is 11.0 Å². The van der Waals surface area contributed by atoms with Crippen molar-refractivity contribution in [3.63, 3.8) is 0 Å². The highest BCUT2D eigenvalue weighted by Crippen LogP contribution is 2.29. The van der Waals surface area contributed by atoms with Crippen LogP contribution >= 0.6 is 15.9 Å². The Bertz CT molecular complexity index is 837. The van der Waals surface area contributed by atoms with Crippen LogP contribution in [-0.4, -0.2) is 30.3 Å². The average Bonchev–Trinajstić information content (AvgIpc) is 2.56. The number of likely N-dealkylation sites (N-methyl/N-ethyl adjacent to an activating group) is 1. The molecule has 2 amide bonds. The summed E-state index contributed by atoms with van der Waals surface area (Å²) in [4.78, 5) is 25.5. The number of rotatable bonds is 4. The topological polar surface area (TPSA) is 49.4 Å². The molecule has 8 heteroatoms. The zero-order valence-corrected chi connectivity index (χ0v) is 15.6. The largest absolute Gasteiger partial charge is 0.416 e. The van der Waals surface area contributed by atoms with Gasteiger partial charge in [0.15, 0.2) is 0 Å². The minimum Gasteiger partial charge on any atom is -0.332 e. The molecule has 0 radical (unpaired) electrons. The zero-order valence-electron chi connectivity index (χ0n) is 14.0. The summed E-state index contributed by atoms with van der Waals surface area (Å²) < 4.78 is 39.1.